The van der Waals surface area contributed by atoms with E-state index in [-0.39, 0.29) is 0 Å². The van der Waals surface area contributed by atoms with Gasteiger partial charge in [0, 0.05) is 6.04 Å². The third-order valence-corrected chi connectivity index (χ3v) is 2.51. The van der Waals surface area contributed by atoms with E-state index in [1.165, 1.54) is 12.8 Å². The topological polar surface area (TPSA) is 25.2 Å². The van der Waals surface area contributed by atoms with Crippen LogP contribution >= 0.6 is 0 Å². The number of furan rings is 1. The molecule has 0 radical (unpaired) electrons. The zero-order chi connectivity index (χ0) is 8.39. The summed E-state index contributed by atoms with van der Waals surface area (Å²) in [5, 5.41) is 3.45. The van der Waals surface area contributed by atoms with Crippen molar-refractivity contribution < 1.29 is 4.42 Å². The van der Waals surface area contributed by atoms with E-state index in [9.17, 15) is 0 Å². The van der Waals surface area contributed by atoms with Gasteiger partial charge < -0.3 is 9.73 Å². The Labute approximate surface area is 73.0 Å². The Balaban J connectivity index is 1.74. The summed E-state index contributed by atoms with van der Waals surface area (Å²) in [5.41, 5.74) is 0. The third kappa shape index (κ3) is 1.89. The molecule has 1 fully saturated rings. The molecule has 1 unspecified atom stereocenters. The van der Waals surface area contributed by atoms with Gasteiger partial charge in [0.2, 0.25) is 0 Å². The lowest BCUT2D eigenvalue weighted by Crippen LogP contribution is -2.26. The van der Waals surface area contributed by atoms with Crippen LogP contribution in [-0.2, 0) is 6.54 Å². The molecular formula is C10H15NO. The first-order chi connectivity index (χ1) is 5.86. The van der Waals surface area contributed by atoms with Crippen LogP contribution in [0.3, 0.4) is 0 Å². The highest BCUT2D eigenvalue weighted by atomic mass is 16.3. The number of hydrogen-bond acceptors (Lipinski definition) is 2. The zero-order valence-electron chi connectivity index (χ0n) is 7.42. The second-order valence-electron chi connectivity index (χ2n) is 3.59. The highest BCUT2D eigenvalue weighted by molar-refractivity contribution is 4.98. The van der Waals surface area contributed by atoms with Crippen LogP contribution in [0.4, 0.5) is 0 Å². The van der Waals surface area contributed by atoms with Crippen molar-refractivity contribution in [2.75, 3.05) is 0 Å². The number of rotatable bonds is 4. The van der Waals surface area contributed by atoms with Gasteiger partial charge in [0.15, 0.2) is 0 Å². The molecule has 1 heterocycles. The van der Waals surface area contributed by atoms with Crippen molar-refractivity contribution in [3.63, 3.8) is 0 Å². The van der Waals surface area contributed by atoms with Crippen LogP contribution in [0.15, 0.2) is 22.8 Å². The van der Waals surface area contributed by atoms with Gasteiger partial charge in [0.25, 0.3) is 0 Å². The van der Waals surface area contributed by atoms with Gasteiger partial charge in [-0.3, -0.25) is 0 Å². The van der Waals surface area contributed by atoms with Crippen molar-refractivity contribution in [2.24, 2.45) is 5.92 Å². The molecule has 2 rings (SSSR count). The lowest BCUT2D eigenvalue weighted by Gasteiger charge is -2.10. The normalized spacial score (nSPS) is 19.4. The van der Waals surface area contributed by atoms with E-state index in [1.807, 2.05) is 12.1 Å². The van der Waals surface area contributed by atoms with Crippen LogP contribution in [0.1, 0.15) is 25.5 Å². The van der Waals surface area contributed by atoms with Crippen molar-refractivity contribution in [3.05, 3.63) is 24.2 Å². The maximum Gasteiger partial charge on any atom is 0.117 e. The lowest BCUT2D eigenvalue weighted by molar-refractivity contribution is 0.435. The molecule has 0 aromatic carbocycles. The average molecular weight is 165 g/mol. The molecule has 1 aromatic heterocycles. The smallest absolute Gasteiger partial charge is 0.117 e. The molecule has 1 aromatic rings. The Morgan fingerprint density at radius 2 is 2.50 bits per heavy atom. The minimum Gasteiger partial charge on any atom is -0.468 e. The first kappa shape index (κ1) is 7.87. The van der Waals surface area contributed by atoms with Crippen molar-refractivity contribution in [2.45, 2.75) is 32.4 Å². The van der Waals surface area contributed by atoms with Gasteiger partial charge in [0.1, 0.15) is 5.76 Å². The molecule has 2 heteroatoms. The summed E-state index contributed by atoms with van der Waals surface area (Å²) in [6.45, 7) is 3.12. The number of hydrogen-bond donors (Lipinski definition) is 1. The Morgan fingerprint density at radius 3 is 3.08 bits per heavy atom. The molecule has 12 heavy (non-hydrogen) atoms. The minimum absolute atomic E-state index is 0.648. The summed E-state index contributed by atoms with van der Waals surface area (Å²) < 4.78 is 5.22. The molecule has 0 amide bonds. The van der Waals surface area contributed by atoms with Gasteiger partial charge in [-0.1, -0.05) is 0 Å². The summed E-state index contributed by atoms with van der Waals surface area (Å²) in [7, 11) is 0. The summed E-state index contributed by atoms with van der Waals surface area (Å²) in [5.74, 6) is 1.95. The van der Waals surface area contributed by atoms with E-state index < -0.39 is 0 Å². The zero-order valence-corrected chi connectivity index (χ0v) is 7.42. The van der Waals surface area contributed by atoms with Crippen molar-refractivity contribution in [1.29, 1.82) is 0 Å². The molecule has 1 aliphatic carbocycles. The molecule has 0 bridgehead atoms. The maximum absolute atomic E-state index is 5.22. The third-order valence-electron chi connectivity index (χ3n) is 2.51. The standard InChI is InChI=1S/C10H15NO/c1-8(9-4-5-9)11-7-10-3-2-6-12-10/h2-3,6,8-9,11H,4-5,7H2,1H3. The van der Waals surface area contributed by atoms with Gasteiger partial charge in [0.05, 0.1) is 12.8 Å². The second-order valence-corrected chi connectivity index (χ2v) is 3.59. The molecule has 1 atom stereocenters. The highest BCUT2D eigenvalue weighted by Crippen LogP contribution is 2.32. The molecule has 0 saturated heterocycles. The molecule has 0 spiro atoms. The SMILES string of the molecule is CC(NCc1ccco1)C1CC1. The molecule has 66 valence electrons. The van der Waals surface area contributed by atoms with Crippen LogP contribution in [0, 0.1) is 5.92 Å². The quantitative estimate of drug-likeness (QED) is 0.739. The first-order valence-electron chi connectivity index (χ1n) is 4.62. The summed E-state index contributed by atoms with van der Waals surface area (Å²) in [6.07, 6.45) is 4.51. The summed E-state index contributed by atoms with van der Waals surface area (Å²) in [6, 6.07) is 4.58. The predicted octanol–water partition coefficient (Wildman–Crippen LogP) is 2.17. The lowest BCUT2D eigenvalue weighted by atomic mass is 10.2. The molecule has 1 saturated carbocycles. The molecule has 2 nitrogen and oxygen atoms in total. The molecule has 1 aliphatic rings. The Kier molecular flexibility index (Phi) is 2.17. The Morgan fingerprint density at radius 1 is 1.67 bits per heavy atom. The average Bonchev–Trinajstić information content (AvgIpc) is 2.80. The van der Waals surface area contributed by atoms with Crippen LogP contribution in [0.5, 0.6) is 0 Å². The van der Waals surface area contributed by atoms with Crippen LogP contribution in [0.25, 0.3) is 0 Å². The van der Waals surface area contributed by atoms with Crippen LogP contribution in [0.2, 0.25) is 0 Å². The fourth-order valence-corrected chi connectivity index (χ4v) is 1.44. The Bertz CT molecular complexity index is 226. The molecule has 0 aliphatic heterocycles. The van der Waals surface area contributed by atoms with Crippen LogP contribution in [-0.4, -0.2) is 6.04 Å². The predicted molar refractivity (Wildman–Crippen MR) is 47.7 cm³/mol. The maximum atomic E-state index is 5.22. The highest BCUT2D eigenvalue weighted by Gasteiger charge is 2.27. The van der Waals surface area contributed by atoms with Crippen LogP contribution < -0.4 is 5.32 Å². The van der Waals surface area contributed by atoms with E-state index in [0.29, 0.717) is 6.04 Å². The van der Waals surface area contributed by atoms with Gasteiger partial charge in [-0.15, -0.1) is 0 Å². The minimum atomic E-state index is 0.648. The van der Waals surface area contributed by atoms with Gasteiger partial charge in [-0.05, 0) is 37.8 Å². The van der Waals surface area contributed by atoms with Gasteiger partial charge >= 0.3 is 0 Å². The van der Waals surface area contributed by atoms with E-state index >= 15 is 0 Å². The first-order valence-corrected chi connectivity index (χ1v) is 4.62. The second kappa shape index (κ2) is 3.31. The molecular weight excluding hydrogens is 150 g/mol. The Hall–Kier alpha value is -0.760. The van der Waals surface area contributed by atoms with E-state index in [4.69, 9.17) is 4.42 Å². The van der Waals surface area contributed by atoms with E-state index in [2.05, 4.69) is 12.2 Å². The van der Waals surface area contributed by atoms with Gasteiger partial charge in [-0.2, -0.15) is 0 Å². The fourth-order valence-electron chi connectivity index (χ4n) is 1.44. The summed E-state index contributed by atoms with van der Waals surface area (Å²) >= 11 is 0. The largest absolute Gasteiger partial charge is 0.468 e. The summed E-state index contributed by atoms with van der Waals surface area (Å²) in [4.78, 5) is 0. The van der Waals surface area contributed by atoms with E-state index in [0.717, 1.165) is 18.2 Å². The molecule has 1 N–H and O–H groups in total. The van der Waals surface area contributed by atoms with Gasteiger partial charge in [-0.25, -0.2) is 0 Å². The monoisotopic (exact) mass is 165 g/mol. The van der Waals surface area contributed by atoms with Crippen molar-refractivity contribution in [3.8, 4) is 0 Å². The fraction of sp³-hybridized carbons (Fsp3) is 0.600. The van der Waals surface area contributed by atoms with Crippen molar-refractivity contribution in [1.82, 2.24) is 5.32 Å². The number of nitrogens with one attached hydrogen (secondary N) is 1. The van der Waals surface area contributed by atoms with E-state index in [1.54, 1.807) is 6.26 Å². The van der Waals surface area contributed by atoms with Crippen molar-refractivity contribution >= 4 is 0 Å².